The van der Waals surface area contributed by atoms with Crippen LogP contribution in [0, 0.1) is 5.92 Å². The monoisotopic (exact) mass is 345 g/mol. The molecule has 0 unspecified atom stereocenters. The number of aryl methyl sites for hydroxylation is 1. The van der Waals surface area contributed by atoms with Crippen LogP contribution in [0.15, 0.2) is 24.3 Å². The number of carbonyl (C=O) groups is 1. The summed E-state index contributed by atoms with van der Waals surface area (Å²) >= 11 is 0. The average Bonchev–Trinajstić information content (AvgIpc) is 2.65. The molecule has 1 atom stereocenters. The maximum absolute atomic E-state index is 12.3. The van der Waals surface area contributed by atoms with E-state index in [2.05, 4.69) is 0 Å². The number of carbonyl (C=O) groups excluding carboxylic acids is 1. The van der Waals surface area contributed by atoms with E-state index in [4.69, 9.17) is 5.73 Å². The van der Waals surface area contributed by atoms with E-state index in [1.54, 1.807) is 0 Å². The third-order valence-electron chi connectivity index (χ3n) is 5.61. The van der Waals surface area contributed by atoms with Gasteiger partial charge in [-0.25, -0.2) is 0 Å². The van der Waals surface area contributed by atoms with Crippen LogP contribution < -0.4 is 5.73 Å². The lowest BCUT2D eigenvalue weighted by Gasteiger charge is -2.21. The fourth-order valence-electron chi connectivity index (χ4n) is 3.70. The van der Waals surface area contributed by atoms with Crippen LogP contribution in [-0.2, 0) is 6.42 Å². The lowest BCUT2D eigenvalue weighted by Crippen LogP contribution is -2.40. The minimum absolute atomic E-state index is 0.00950. The van der Waals surface area contributed by atoms with Crippen molar-refractivity contribution < 1.29 is 9.90 Å². The number of unbranched alkanes of at least 4 members (excludes halogenated alkanes) is 1. The Morgan fingerprint density at radius 1 is 1.16 bits per heavy atom. The molecule has 3 N–H and O–H groups in total. The number of Topliss-reactive ketones (excluding diaryl/α,β-unsaturated/α-hetero) is 1. The van der Waals surface area contributed by atoms with Gasteiger partial charge < -0.3 is 10.8 Å². The summed E-state index contributed by atoms with van der Waals surface area (Å²) in [6, 6.07) is 7.91. The Bertz CT molecular complexity index is 515. The molecule has 1 fully saturated rings. The fourth-order valence-corrected chi connectivity index (χ4v) is 3.70. The number of aliphatic hydroxyl groups is 1. The highest BCUT2D eigenvalue weighted by atomic mass is 16.3. The van der Waals surface area contributed by atoms with Crippen LogP contribution in [0.25, 0.3) is 0 Å². The SMILES string of the molecule is C[C@](N)(CO)CCc1ccc(C(=O)CCCCC2CCCCC2)cc1. The topological polar surface area (TPSA) is 63.3 Å². The van der Waals surface area contributed by atoms with Gasteiger partial charge in [0.2, 0.25) is 0 Å². The van der Waals surface area contributed by atoms with Crippen LogP contribution in [0.1, 0.15) is 87.1 Å². The Hall–Kier alpha value is -1.19. The maximum atomic E-state index is 12.3. The minimum atomic E-state index is -0.535. The summed E-state index contributed by atoms with van der Waals surface area (Å²) in [5, 5.41) is 9.21. The van der Waals surface area contributed by atoms with Gasteiger partial charge in [-0.1, -0.05) is 69.2 Å². The van der Waals surface area contributed by atoms with Crippen molar-refractivity contribution in [2.45, 2.75) is 83.1 Å². The van der Waals surface area contributed by atoms with Gasteiger partial charge in [-0.2, -0.15) is 0 Å². The predicted molar refractivity (Wildman–Crippen MR) is 104 cm³/mol. The second kappa shape index (κ2) is 10.1. The highest BCUT2D eigenvalue weighted by molar-refractivity contribution is 5.96. The van der Waals surface area contributed by atoms with Crippen LogP contribution in [0.2, 0.25) is 0 Å². The Labute approximate surface area is 153 Å². The van der Waals surface area contributed by atoms with Crippen molar-refractivity contribution in [1.29, 1.82) is 0 Å². The van der Waals surface area contributed by atoms with Crippen molar-refractivity contribution >= 4 is 5.78 Å². The highest BCUT2D eigenvalue weighted by Crippen LogP contribution is 2.28. The van der Waals surface area contributed by atoms with Crippen LogP contribution in [0.3, 0.4) is 0 Å². The van der Waals surface area contributed by atoms with E-state index in [0.29, 0.717) is 6.42 Å². The van der Waals surface area contributed by atoms with E-state index in [1.807, 2.05) is 31.2 Å². The Morgan fingerprint density at radius 3 is 2.48 bits per heavy atom. The first-order valence-electron chi connectivity index (χ1n) is 10.0. The van der Waals surface area contributed by atoms with Gasteiger partial charge in [0.25, 0.3) is 0 Å². The van der Waals surface area contributed by atoms with Crippen molar-refractivity contribution in [2.75, 3.05) is 6.61 Å². The van der Waals surface area contributed by atoms with Crippen molar-refractivity contribution in [3.63, 3.8) is 0 Å². The zero-order valence-corrected chi connectivity index (χ0v) is 15.8. The lowest BCUT2D eigenvalue weighted by atomic mass is 9.85. The van der Waals surface area contributed by atoms with E-state index in [-0.39, 0.29) is 12.4 Å². The molecule has 1 aromatic rings. The van der Waals surface area contributed by atoms with Gasteiger partial charge in [0, 0.05) is 17.5 Å². The lowest BCUT2D eigenvalue weighted by molar-refractivity contribution is 0.0978. The Balaban J connectivity index is 1.68. The zero-order valence-electron chi connectivity index (χ0n) is 15.8. The number of nitrogens with two attached hydrogens (primary N) is 1. The molecule has 1 aliphatic rings. The van der Waals surface area contributed by atoms with Gasteiger partial charge >= 0.3 is 0 Å². The normalized spacial score (nSPS) is 18.0. The van der Waals surface area contributed by atoms with E-state index in [1.165, 1.54) is 50.5 Å². The smallest absolute Gasteiger partial charge is 0.162 e. The molecule has 0 bridgehead atoms. The summed E-state index contributed by atoms with van der Waals surface area (Å²) in [6.45, 7) is 1.85. The number of aliphatic hydroxyl groups excluding tert-OH is 1. The van der Waals surface area contributed by atoms with Gasteiger partial charge in [-0.3, -0.25) is 4.79 Å². The maximum Gasteiger partial charge on any atom is 0.162 e. The van der Waals surface area contributed by atoms with E-state index >= 15 is 0 Å². The average molecular weight is 346 g/mol. The number of rotatable bonds is 10. The second-order valence-corrected chi connectivity index (χ2v) is 8.18. The van der Waals surface area contributed by atoms with E-state index in [0.717, 1.165) is 30.7 Å². The fraction of sp³-hybridized carbons (Fsp3) is 0.682. The van der Waals surface area contributed by atoms with Crippen LogP contribution in [0.4, 0.5) is 0 Å². The molecule has 2 rings (SSSR count). The third kappa shape index (κ3) is 7.29. The van der Waals surface area contributed by atoms with Crippen molar-refractivity contribution in [3.8, 4) is 0 Å². The molecule has 1 aliphatic carbocycles. The molecule has 0 amide bonds. The van der Waals surface area contributed by atoms with Crippen LogP contribution >= 0.6 is 0 Å². The molecule has 140 valence electrons. The summed E-state index contributed by atoms with van der Waals surface area (Å²) in [5.74, 6) is 1.17. The van der Waals surface area contributed by atoms with Gasteiger partial charge in [0.15, 0.2) is 5.78 Å². The van der Waals surface area contributed by atoms with Crippen molar-refractivity contribution in [1.82, 2.24) is 0 Å². The first kappa shape index (κ1) is 20.1. The highest BCUT2D eigenvalue weighted by Gasteiger charge is 2.17. The molecule has 0 aliphatic heterocycles. The first-order valence-corrected chi connectivity index (χ1v) is 10.0. The van der Waals surface area contributed by atoms with Crippen molar-refractivity contribution in [2.24, 2.45) is 11.7 Å². The molecule has 0 aromatic heterocycles. The quantitative estimate of drug-likeness (QED) is 0.479. The van der Waals surface area contributed by atoms with Gasteiger partial charge in [-0.05, 0) is 37.7 Å². The van der Waals surface area contributed by atoms with Crippen LogP contribution in [-0.4, -0.2) is 23.0 Å². The van der Waals surface area contributed by atoms with Gasteiger partial charge in [0.05, 0.1) is 6.61 Å². The largest absolute Gasteiger partial charge is 0.394 e. The zero-order chi connectivity index (χ0) is 18.1. The number of ketones is 1. The minimum Gasteiger partial charge on any atom is -0.394 e. The molecule has 0 saturated heterocycles. The Morgan fingerprint density at radius 2 is 1.84 bits per heavy atom. The van der Waals surface area contributed by atoms with Crippen molar-refractivity contribution in [3.05, 3.63) is 35.4 Å². The van der Waals surface area contributed by atoms with Gasteiger partial charge in [0.1, 0.15) is 0 Å². The Kier molecular flexibility index (Phi) is 8.11. The van der Waals surface area contributed by atoms with E-state index < -0.39 is 5.54 Å². The number of hydrogen-bond donors (Lipinski definition) is 2. The molecule has 1 aromatic carbocycles. The first-order chi connectivity index (χ1) is 12.0. The molecular formula is C22H35NO2. The number of benzene rings is 1. The summed E-state index contributed by atoms with van der Waals surface area (Å²) in [4.78, 5) is 12.3. The summed E-state index contributed by atoms with van der Waals surface area (Å²) in [7, 11) is 0. The molecule has 0 radical (unpaired) electrons. The molecule has 1 saturated carbocycles. The summed E-state index contributed by atoms with van der Waals surface area (Å²) < 4.78 is 0. The molecule has 0 spiro atoms. The third-order valence-corrected chi connectivity index (χ3v) is 5.61. The van der Waals surface area contributed by atoms with Gasteiger partial charge in [-0.15, -0.1) is 0 Å². The van der Waals surface area contributed by atoms with E-state index in [9.17, 15) is 9.90 Å². The molecular weight excluding hydrogens is 310 g/mol. The second-order valence-electron chi connectivity index (χ2n) is 8.18. The molecule has 25 heavy (non-hydrogen) atoms. The number of hydrogen-bond acceptors (Lipinski definition) is 3. The molecule has 3 nitrogen and oxygen atoms in total. The van der Waals surface area contributed by atoms with Crippen LogP contribution in [0.5, 0.6) is 0 Å². The molecule has 0 heterocycles. The standard InChI is InChI=1S/C22H35NO2/c1-22(23,17-24)16-15-19-11-13-20(14-12-19)21(25)10-6-5-9-18-7-3-2-4-8-18/h11-14,18,24H,2-10,15-17,23H2,1H3/t22-/m1/s1. The summed E-state index contributed by atoms with van der Waals surface area (Å²) in [5.41, 5.74) is 7.41. The predicted octanol–water partition coefficient (Wildman–Crippen LogP) is 4.65. The summed E-state index contributed by atoms with van der Waals surface area (Å²) in [6.07, 6.45) is 12.7. The molecule has 3 heteroatoms.